The Balaban J connectivity index is 2.32. The maximum Gasteiger partial charge on any atom is 0.276 e. The lowest BCUT2D eigenvalue weighted by Crippen LogP contribution is -2.47. The van der Waals surface area contributed by atoms with E-state index in [1.807, 2.05) is 11.8 Å². The number of amides is 1. The maximum atomic E-state index is 12.6. The average Bonchev–Trinajstić information content (AvgIpc) is 2.56. The highest BCUT2D eigenvalue weighted by atomic mass is 35.5. The standard InChI is InChI=1S/C13H20ClN3O/c1-8-6-5-7-9(2)17(8)13(18)12-11(14)10(3)16(4)15-12/h8-9H,5-7H2,1-4H3/t8-,9+. The van der Waals surface area contributed by atoms with Crippen molar-refractivity contribution in [2.24, 2.45) is 7.05 Å². The molecule has 0 radical (unpaired) electrons. The molecule has 0 N–H and O–H groups in total. The number of halogens is 1. The number of aryl methyl sites for hydroxylation is 1. The summed E-state index contributed by atoms with van der Waals surface area (Å²) < 4.78 is 1.66. The van der Waals surface area contributed by atoms with E-state index in [2.05, 4.69) is 18.9 Å². The van der Waals surface area contributed by atoms with Crippen LogP contribution in [0.3, 0.4) is 0 Å². The number of carbonyl (C=O) groups is 1. The zero-order valence-electron chi connectivity index (χ0n) is 11.4. The normalized spacial score (nSPS) is 24.4. The Kier molecular flexibility index (Phi) is 3.66. The summed E-state index contributed by atoms with van der Waals surface area (Å²) in [6, 6.07) is 0.527. The molecule has 0 saturated carbocycles. The molecule has 0 spiro atoms. The average molecular weight is 270 g/mol. The van der Waals surface area contributed by atoms with Crippen LogP contribution in [0.2, 0.25) is 5.02 Å². The van der Waals surface area contributed by atoms with Gasteiger partial charge in [-0.25, -0.2) is 0 Å². The monoisotopic (exact) mass is 269 g/mol. The molecule has 1 aromatic rings. The summed E-state index contributed by atoms with van der Waals surface area (Å²) in [5.74, 6) is -0.0385. The number of piperidine rings is 1. The Labute approximate surface area is 113 Å². The molecule has 0 aromatic carbocycles. The lowest BCUT2D eigenvalue weighted by molar-refractivity contribution is 0.0504. The van der Waals surface area contributed by atoms with Crippen molar-refractivity contribution in [3.8, 4) is 0 Å². The number of nitrogens with zero attached hydrogens (tertiary/aromatic N) is 3. The van der Waals surface area contributed by atoms with Crippen LogP contribution < -0.4 is 0 Å². The molecule has 1 fully saturated rings. The van der Waals surface area contributed by atoms with E-state index in [9.17, 15) is 4.79 Å². The van der Waals surface area contributed by atoms with Crippen molar-refractivity contribution in [1.29, 1.82) is 0 Å². The van der Waals surface area contributed by atoms with Crippen LogP contribution >= 0.6 is 11.6 Å². The number of hydrogen-bond donors (Lipinski definition) is 0. The van der Waals surface area contributed by atoms with E-state index in [1.165, 1.54) is 6.42 Å². The van der Waals surface area contributed by atoms with Gasteiger partial charge in [-0.3, -0.25) is 9.48 Å². The first kappa shape index (κ1) is 13.4. The fraction of sp³-hybridized carbons (Fsp3) is 0.692. The van der Waals surface area contributed by atoms with E-state index in [1.54, 1.807) is 11.7 Å². The molecule has 0 unspecified atom stereocenters. The highest BCUT2D eigenvalue weighted by molar-refractivity contribution is 6.34. The second-order valence-electron chi connectivity index (χ2n) is 5.21. The number of aromatic nitrogens is 2. The minimum Gasteiger partial charge on any atom is -0.332 e. The first-order chi connectivity index (χ1) is 8.43. The first-order valence-corrected chi connectivity index (χ1v) is 6.83. The topological polar surface area (TPSA) is 38.1 Å². The van der Waals surface area contributed by atoms with Gasteiger partial charge in [0.05, 0.1) is 10.7 Å². The van der Waals surface area contributed by atoms with E-state index in [0.29, 0.717) is 10.7 Å². The maximum absolute atomic E-state index is 12.6. The molecular weight excluding hydrogens is 250 g/mol. The van der Waals surface area contributed by atoms with Crippen molar-refractivity contribution in [3.63, 3.8) is 0 Å². The van der Waals surface area contributed by atoms with Crippen molar-refractivity contribution >= 4 is 17.5 Å². The van der Waals surface area contributed by atoms with Crippen LogP contribution in [0.1, 0.15) is 49.3 Å². The molecule has 0 aliphatic carbocycles. The van der Waals surface area contributed by atoms with E-state index >= 15 is 0 Å². The Hall–Kier alpha value is -1.03. The largest absolute Gasteiger partial charge is 0.332 e. The molecule has 1 aromatic heterocycles. The second-order valence-corrected chi connectivity index (χ2v) is 5.59. The van der Waals surface area contributed by atoms with Gasteiger partial charge in [-0.15, -0.1) is 0 Å². The van der Waals surface area contributed by atoms with Crippen LogP contribution in [0, 0.1) is 6.92 Å². The molecule has 2 atom stereocenters. The van der Waals surface area contributed by atoms with Crippen molar-refractivity contribution in [1.82, 2.24) is 14.7 Å². The minimum atomic E-state index is -0.0385. The quantitative estimate of drug-likeness (QED) is 0.786. The highest BCUT2D eigenvalue weighted by Crippen LogP contribution is 2.27. The van der Waals surface area contributed by atoms with Crippen LogP contribution in [-0.2, 0) is 7.05 Å². The van der Waals surface area contributed by atoms with Gasteiger partial charge in [0.15, 0.2) is 5.69 Å². The van der Waals surface area contributed by atoms with Crippen LogP contribution in [0.4, 0.5) is 0 Å². The molecule has 1 aliphatic heterocycles. The smallest absolute Gasteiger partial charge is 0.276 e. The lowest BCUT2D eigenvalue weighted by atomic mass is 9.97. The lowest BCUT2D eigenvalue weighted by Gasteiger charge is -2.38. The summed E-state index contributed by atoms with van der Waals surface area (Å²) in [5, 5.41) is 4.73. The molecule has 0 bridgehead atoms. The van der Waals surface area contributed by atoms with Gasteiger partial charge in [0, 0.05) is 19.1 Å². The predicted octanol–water partition coefficient (Wildman–Crippen LogP) is 2.79. The van der Waals surface area contributed by atoms with Gasteiger partial charge in [-0.05, 0) is 40.0 Å². The SMILES string of the molecule is Cc1c(Cl)c(C(=O)N2[C@H](C)CCC[C@@H]2C)nn1C. The summed E-state index contributed by atoms with van der Waals surface area (Å²) in [4.78, 5) is 14.5. The van der Waals surface area contributed by atoms with E-state index in [4.69, 9.17) is 11.6 Å². The summed E-state index contributed by atoms with van der Waals surface area (Å²) in [5.41, 5.74) is 1.22. The molecule has 5 heteroatoms. The van der Waals surface area contributed by atoms with Crippen molar-refractivity contribution in [3.05, 3.63) is 16.4 Å². The number of carbonyl (C=O) groups excluding carboxylic acids is 1. The molecule has 2 rings (SSSR count). The first-order valence-electron chi connectivity index (χ1n) is 6.45. The minimum absolute atomic E-state index is 0.0385. The third kappa shape index (κ3) is 2.14. The summed E-state index contributed by atoms with van der Waals surface area (Å²) in [6.07, 6.45) is 3.29. The van der Waals surface area contributed by atoms with Gasteiger partial charge < -0.3 is 4.90 Å². The summed E-state index contributed by atoms with van der Waals surface area (Å²) >= 11 is 6.19. The van der Waals surface area contributed by atoms with Gasteiger partial charge in [0.1, 0.15) is 0 Å². The van der Waals surface area contributed by atoms with Gasteiger partial charge >= 0.3 is 0 Å². The summed E-state index contributed by atoms with van der Waals surface area (Å²) in [7, 11) is 1.81. The molecule has 1 aliphatic rings. The molecule has 4 nitrogen and oxygen atoms in total. The summed E-state index contributed by atoms with van der Waals surface area (Å²) in [6.45, 7) is 6.06. The Bertz CT molecular complexity index is 459. The third-order valence-electron chi connectivity index (χ3n) is 3.89. The Morgan fingerprint density at radius 2 is 1.89 bits per heavy atom. The van der Waals surface area contributed by atoms with Crippen LogP contribution in [0.5, 0.6) is 0 Å². The zero-order valence-corrected chi connectivity index (χ0v) is 12.2. The van der Waals surface area contributed by atoms with Gasteiger partial charge in [0.25, 0.3) is 5.91 Å². The van der Waals surface area contributed by atoms with Crippen LogP contribution in [0.25, 0.3) is 0 Å². The van der Waals surface area contributed by atoms with Crippen molar-refractivity contribution in [2.75, 3.05) is 0 Å². The second kappa shape index (κ2) is 4.92. The zero-order chi connectivity index (χ0) is 13.4. The molecule has 18 heavy (non-hydrogen) atoms. The molecule has 2 heterocycles. The van der Waals surface area contributed by atoms with Crippen molar-refractivity contribution in [2.45, 2.75) is 52.1 Å². The van der Waals surface area contributed by atoms with Gasteiger partial charge in [0.2, 0.25) is 0 Å². The van der Waals surface area contributed by atoms with E-state index in [-0.39, 0.29) is 18.0 Å². The fourth-order valence-corrected chi connectivity index (χ4v) is 2.90. The highest BCUT2D eigenvalue weighted by Gasteiger charge is 2.32. The van der Waals surface area contributed by atoms with Crippen LogP contribution in [0.15, 0.2) is 0 Å². The number of rotatable bonds is 1. The number of likely N-dealkylation sites (tertiary alicyclic amines) is 1. The molecule has 1 saturated heterocycles. The number of hydrogen-bond acceptors (Lipinski definition) is 2. The van der Waals surface area contributed by atoms with Crippen molar-refractivity contribution < 1.29 is 4.79 Å². The Morgan fingerprint density at radius 1 is 1.33 bits per heavy atom. The van der Waals surface area contributed by atoms with Crippen LogP contribution in [-0.4, -0.2) is 32.7 Å². The van der Waals surface area contributed by atoms with E-state index in [0.717, 1.165) is 18.5 Å². The Morgan fingerprint density at radius 3 is 2.33 bits per heavy atom. The fourth-order valence-electron chi connectivity index (χ4n) is 2.66. The van der Waals surface area contributed by atoms with E-state index < -0.39 is 0 Å². The molecule has 1 amide bonds. The molecular formula is C13H20ClN3O. The third-order valence-corrected chi connectivity index (χ3v) is 4.34. The molecule has 100 valence electrons. The van der Waals surface area contributed by atoms with Gasteiger partial charge in [-0.2, -0.15) is 5.10 Å². The van der Waals surface area contributed by atoms with Gasteiger partial charge in [-0.1, -0.05) is 11.6 Å². The predicted molar refractivity (Wildman–Crippen MR) is 71.9 cm³/mol.